The van der Waals surface area contributed by atoms with E-state index in [4.69, 9.17) is 4.74 Å². The molecule has 2 amide bonds. The Bertz CT molecular complexity index is 387. The lowest BCUT2D eigenvalue weighted by atomic mass is 10.0. The molecular weight excluding hydrogens is 208 g/mol. The normalized spacial score (nSPS) is 23.2. The number of hydrazine groups is 1. The number of rotatable bonds is 1. The van der Waals surface area contributed by atoms with Crippen LogP contribution in [-0.4, -0.2) is 34.7 Å². The number of fused-ring (bicyclic) bond motifs is 1. The lowest BCUT2D eigenvalue weighted by Crippen LogP contribution is -2.59. The van der Waals surface area contributed by atoms with E-state index in [1.807, 2.05) is 13.0 Å². The first kappa shape index (κ1) is 10.7. The summed E-state index contributed by atoms with van der Waals surface area (Å²) in [5.41, 5.74) is 1.04. The van der Waals surface area contributed by atoms with Gasteiger partial charge in [-0.05, 0) is 19.9 Å². The maximum Gasteiger partial charge on any atom is 0.433 e. The summed E-state index contributed by atoms with van der Waals surface area (Å²) in [6, 6.07) is -0.0214. The molecule has 0 bridgehead atoms. The summed E-state index contributed by atoms with van der Waals surface area (Å²) in [7, 11) is 0. The van der Waals surface area contributed by atoms with Crippen LogP contribution < -0.4 is 0 Å². The molecule has 86 valence electrons. The molecule has 2 aliphatic rings. The molecular formula is C11H14N2O3. The van der Waals surface area contributed by atoms with Crippen molar-refractivity contribution in [1.29, 1.82) is 0 Å². The largest absolute Gasteiger partial charge is 0.448 e. The van der Waals surface area contributed by atoms with Crippen molar-refractivity contribution in [2.45, 2.75) is 26.3 Å². The molecule has 5 nitrogen and oxygen atoms in total. The number of carbonyl (C=O) groups is 2. The van der Waals surface area contributed by atoms with Crippen molar-refractivity contribution in [3.05, 3.63) is 23.9 Å². The van der Waals surface area contributed by atoms with Gasteiger partial charge in [-0.1, -0.05) is 11.6 Å². The molecule has 1 fully saturated rings. The van der Waals surface area contributed by atoms with Crippen molar-refractivity contribution in [1.82, 2.24) is 10.0 Å². The SMILES string of the molecule is CCOC(=O)N1C=CC(C)=C[C@H]2CC(=O)N21. The summed E-state index contributed by atoms with van der Waals surface area (Å²) in [4.78, 5) is 23.1. The zero-order valence-electron chi connectivity index (χ0n) is 9.34. The van der Waals surface area contributed by atoms with Crippen molar-refractivity contribution in [2.75, 3.05) is 6.61 Å². The fraction of sp³-hybridized carbons (Fsp3) is 0.455. The van der Waals surface area contributed by atoms with Gasteiger partial charge in [-0.2, -0.15) is 5.01 Å². The van der Waals surface area contributed by atoms with E-state index in [1.165, 1.54) is 10.0 Å². The third-order valence-corrected chi connectivity index (χ3v) is 2.57. The Kier molecular flexibility index (Phi) is 2.68. The number of hydrogen-bond donors (Lipinski definition) is 0. The molecule has 5 heteroatoms. The average molecular weight is 222 g/mol. The molecule has 0 unspecified atom stereocenters. The summed E-state index contributed by atoms with van der Waals surface area (Å²) in [6.45, 7) is 3.97. The fourth-order valence-electron chi connectivity index (χ4n) is 1.80. The summed E-state index contributed by atoms with van der Waals surface area (Å²) in [6.07, 6.45) is 5.27. The van der Waals surface area contributed by atoms with E-state index < -0.39 is 6.09 Å². The standard InChI is InChI=1S/C11H14N2O3/c1-3-16-11(15)12-5-4-8(2)6-9-7-10(14)13(9)12/h4-6,9H,3,7H2,1-2H3/t9-/m0/s1. The van der Waals surface area contributed by atoms with E-state index in [0.29, 0.717) is 13.0 Å². The molecule has 2 rings (SSSR count). The Labute approximate surface area is 93.9 Å². The average Bonchev–Trinajstić information content (AvgIpc) is 2.35. The van der Waals surface area contributed by atoms with Crippen LogP contribution in [0.1, 0.15) is 20.3 Å². The van der Waals surface area contributed by atoms with E-state index in [0.717, 1.165) is 5.57 Å². The molecule has 0 radical (unpaired) electrons. The van der Waals surface area contributed by atoms with Crippen molar-refractivity contribution >= 4 is 12.0 Å². The van der Waals surface area contributed by atoms with Crippen LogP contribution in [0.2, 0.25) is 0 Å². The highest BCUT2D eigenvalue weighted by Crippen LogP contribution is 2.27. The van der Waals surface area contributed by atoms with Gasteiger partial charge in [0.25, 0.3) is 0 Å². The molecule has 1 saturated heterocycles. The van der Waals surface area contributed by atoms with Crippen LogP contribution in [0.3, 0.4) is 0 Å². The lowest BCUT2D eigenvalue weighted by molar-refractivity contribution is -0.161. The van der Waals surface area contributed by atoms with Crippen molar-refractivity contribution in [2.24, 2.45) is 0 Å². The van der Waals surface area contributed by atoms with Crippen LogP contribution >= 0.6 is 0 Å². The van der Waals surface area contributed by atoms with Gasteiger partial charge in [-0.25, -0.2) is 9.80 Å². The number of nitrogens with zero attached hydrogens (tertiary/aromatic N) is 2. The van der Waals surface area contributed by atoms with E-state index in [1.54, 1.807) is 19.2 Å². The Balaban J connectivity index is 2.21. The predicted molar refractivity (Wildman–Crippen MR) is 57.0 cm³/mol. The third-order valence-electron chi connectivity index (χ3n) is 2.57. The van der Waals surface area contributed by atoms with Gasteiger partial charge in [0.1, 0.15) is 0 Å². The number of hydrogen-bond acceptors (Lipinski definition) is 3. The minimum atomic E-state index is -0.514. The summed E-state index contributed by atoms with van der Waals surface area (Å²) >= 11 is 0. The van der Waals surface area contributed by atoms with Crippen LogP contribution in [0.15, 0.2) is 23.9 Å². The number of allylic oxidation sites excluding steroid dienone is 2. The second-order valence-electron chi connectivity index (χ2n) is 3.78. The third kappa shape index (κ3) is 1.68. The van der Waals surface area contributed by atoms with Gasteiger partial charge in [0.05, 0.1) is 19.1 Å². The van der Waals surface area contributed by atoms with Gasteiger partial charge in [-0.3, -0.25) is 4.79 Å². The van der Waals surface area contributed by atoms with Crippen LogP contribution in [0.5, 0.6) is 0 Å². The minimum absolute atomic E-state index is 0.0214. The molecule has 0 aliphatic carbocycles. The molecule has 0 N–H and O–H groups in total. The monoisotopic (exact) mass is 222 g/mol. The lowest BCUT2D eigenvalue weighted by Gasteiger charge is -2.42. The molecule has 0 aromatic heterocycles. The Morgan fingerprint density at radius 3 is 3.00 bits per heavy atom. The van der Waals surface area contributed by atoms with E-state index in [2.05, 4.69) is 0 Å². The van der Waals surface area contributed by atoms with Crippen molar-refractivity contribution < 1.29 is 14.3 Å². The first-order chi connectivity index (χ1) is 7.63. The van der Waals surface area contributed by atoms with Crippen LogP contribution in [0.25, 0.3) is 0 Å². The van der Waals surface area contributed by atoms with E-state index in [9.17, 15) is 9.59 Å². The molecule has 0 aromatic rings. The number of ether oxygens (including phenoxy) is 1. The number of β-lactam (4-membered cyclic amide) rings is 1. The predicted octanol–water partition coefficient (Wildman–Crippen LogP) is 1.43. The highest BCUT2D eigenvalue weighted by atomic mass is 16.6. The summed E-state index contributed by atoms with van der Waals surface area (Å²) in [5.74, 6) is -0.0614. The second kappa shape index (κ2) is 4.00. The summed E-state index contributed by atoms with van der Waals surface area (Å²) in [5, 5.41) is 2.66. The fourth-order valence-corrected chi connectivity index (χ4v) is 1.80. The van der Waals surface area contributed by atoms with Gasteiger partial charge in [-0.15, -0.1) is 0 Å². The van der Waals surface area contributed by atoms with Gasteiger partial charge in [0, 0.05) is 6.20 Å². The maximum atomic E-state index is 11.6. The quantitative estimate of drug-likeness (QED) is 0.631. The Morgan fingerprint density at radius 1 is 1.62 bits per heavy atom. The molecule has 0 spiro atoms. The maximum absolute atomic E-state index is 11.6. The topological polar surface area (TPSA) is 49.9 Å². The first-order valence-electron chi connectivity index (χ1n) is 5.28. The zero-order chi connectivity index (χ0) is 11.7. The highest BCUT2D eigenvalue weighted by molar-refractivity contribution is 5.86. The van der Waals surface area contributed by atoms with Crippen LogP contribution in [0, 0.1) is 0 Å². The molecule has 0 saturated carbocycles. The molecule has 0 aromatic carbocycles. The highest BCUT2D eigenvalue weighted by Gasteiger charge is 2.41. The Morgan fingerprint density at radius 2 is 2.38 bits per heavy atom. The van der Waals surface area contributed by atoms with Crippen LogP contribution in [-0.2, 0) is 9.53 Å². The summed E-state index contributed by atoms with van der Waals surface area (Å²) < 4.78 is 4.89. The van der Waals surface area contributed by atoms with Gasteiger partial charge in [0.15, 0.2) is 0 Å². The van der Waals surface area contributed by atoms with Crippen LogP contribution in [0.4, 0.5) is 4.79 Å². The van der Waals surface area contributed by atoms with Crippen molar-refractivity contribution in [3.8, 4) is 0 Å². The van der Waals surface area contributed by atoms with E-state index >= 15 is 0 Å². The van der Waals surface area contributed by atoms with Gasteiger partial charge >= 0.3 is 6.09 Å². The van der Waals surface area contributed by atoms with Crippen molar-refractivity contribution in [3.63, 3.8) is 0 Å². The number of carbonyl (C=O) groups excluding carboxylic acids is 2. The molecule has 1 atom stereocenters. The second-order valence-corrected chi connectivity index (χ2v) is 3.78. The zero-order valence-corrected chi connectivity index (χ0v) is 9.34. The first-order valence-corrected chi connectivity index (χ1v) is 5.28. The molecule has 16 heavy (non-hydrogen) atoms. The molecule has 2 aliphatic heterocycles. The smallest absolute Gasteiger partial charge is 0.433 e. The van der Waals surface area contributed by atoms with Gasteiger partial charge in [0.2, 0.25) is 5.91 Å². The number of amides is 2. The minimum Gasteiger partial charge on any atom is -0.448 e. The Hall–Kier alpha value is -1.78. The van der Waals surface area contributed by atoms with E-state index in [-0.39, 0.29) is 11.9 Å². The van der Waals surface area contributed by atoms with Gasteiger partial charge < -0.3 is 4.74 Å². The molecule has 2 heterocycles.